The minimum Gasteiger partial charge on any atom is -0.507 e. The summed E-state index contributed by atoms with van der Waals surface area (Å²) in [5.74, 6) is -1.29. The molecule has 0 spiro atoms. The van der Waals surface area contributed by atoms with Gasteiger partial charge in [-0.3, -0.25) is 4.79 Å². The zero-order chi connectivity index (χ0) is 18.1. The molecule has 1 heterocycles. The molecule has 4 heteroatoms. The average molecular weight is 348 g/mol. The number of rotatable bonds is 6. The van der Waals surface area contributed by atoms with Crippen LogP contribution in [0.4, 0.5) is 0 Å². The number of cyclic esters (lactones) is 1. The number of esters is 1. The van der Waals surface area contributed by atoms with Crippen molar-refractivity contribution in [2.75, 3.05) is 0 Å². The predicted octanol–water partition coefficient (Wildman–Crippen LogP) is 3.73. The summed E-state index contributed by atoms with van der Waals surface area (Å²) in [6.45, 7) is 0. The Labute approximate surface area is 152 Å². The number of aliphatic hydroxyl groups excluding tert-OH is 1. The maximum atomic E-state index is 12.7. The Bertz CT molecular complexity index is 854. The van der Waals surface area contributed by atoms with Crippen molar-refractivity contribution < 1.29 is 19.4 Å². The summed E-state index contributed by atoms with van der Waals surface area (Å²) >= 11 is 0. The Morgan fingerprint density at radius 1 is 1.04 bits per heavy atom. The van der Waals surface area contributed by atoms with Gasteiger partial charge in [0.1, 0.15) is 5.57 Å². The zero-order valence-corrected chi connectivity index (χ0v) is 14.3. The number of hydrogen-bond donors (Lipinski definition) is 1. The first-order valence-corrected chi connectivity index (χ1v) is 8.92. The molecule has 2 aromatic rings. The van der Waals surface area contributed by atoms with Crippen LogP contribution in [0, 0.1) is 5.92 Å². The van der Waals surface area contributed by atoms with E-state index in [4.69, 9.17) is 4.74 Å². The number of ether oxygens (including phenoxy) is 1. The Balaban J connectivity index is 1.44. The minimum atomic E-state index is -0.726. The van der Waals surface area contributed by atoms with Crippen LogP contribution in [-0.2, 0) is 20.7 Å². The molecule has 1 N–H and O–H groups in total. The third kappa shape index (κ3) is 3.15. The van der Waals surface area contributed by atoms with Crippen LogP contribution >= 0.6 is 0 Å². The Morgan fingerprint density at radius 3 is 2.38 bits per heavy atom. The van der Waals surface area contributed by atoms with Gasteiger partial charge in [-0.15, -0.1) is 0 Å². The van der Waals surface area contributed by atoms with Crippen molar-refractivity contribution in [1.82, 2.24) is 0 Å². The molecule has 4 rings (SSSR count). The molecule has 132 valence electrons. The fourth-order valence-electron chi connectivity index (χ4n) is 3.61. The first-order chi connectivity index (χ1) is 12.6. The van der Waals surface area contributed by atoms with Gasteiger partial charge in [0.25, 0.3) is 0 Å². The third-order valence-electron chi connectivity index (χ3n) is 5.15. The molecule has 26 heavy (non-hydrogen) atoms. The van der Waals surface area contributed by atoms with Crippen LogP contribution in [0.3, 0.4) is 0 Å². The van der Waals surface area contributed by atoms with E-state index in [9.17, 15) is 14.7 Å². The number of benzene rings is 2. The standard InChI is InChI=1S/C22H20O4/c23-20(17-13-16(17)15-9-5-2-6-10-15)19-21(24)18(26-22(19)25)12-11-14-7-3-1-4-8-14/h1-10,16-18,24H,11-13H2/t16?,17-,18?/m1/s1. The summed E-state index contributed by atoms with van der Waals surface area (Å²) in [5.41, 5.74) is 2.05. The molecule has 4 nitrogen and oxygen atoms in total. The van der Waals surface area contributed by atoms with E-state index in [0.717, 1.165) is 11.1 Å². The highest BCUT2D eigenvalue weighted by atomic mass is 16.6. The topological polar surface area (TPSA) is 63.6 Å². The van der Waals surface area contributed by atoms with Gasteiger partial charge in [0.2, 0.25) is 0 Å². The van der Waals surface area contributed by atoms with Gasteiger partial charge in [-0.1, -0.05) is 60.7 Å². The molecule has 3 atom stereocenters. The first kappa shape index (κ1) is 16.6. The smallest absolute Gasteiger partial charge is 0.346 e. The van der Waals surface area contributed by atoms with Crippen molar-refractivity contribution >= 4 is 11.8 Å². The summed E-state index contributed by atoms with van der Waals surface area (Å²) in [7, 11) is 0. The van der Waals surface area contributed by atoms with Gasteiger partial charge in [0, 0.05) is 5.92 Å². The fraction of sp³-hybridized carbons (Fsp3) is 0.273. The normalized spacial score (nSPS) is 24.5. The number of Topliss-reactive ketones (excluding diaryl/α,β-unsaturated/α-hetero) is 1. The number of carbonyl (C=O) groups excluding carboxylic acids is 2. The van der Waals surface area contributed by atoms with Crippen LogP contribution < -0.4 is 0 Å². The fourth-order valence-corrected chi connectivity index (χ4v) is 3.61. The molecule has 2 aromatic carbocycles. The van der Waals surface area contributed by atoms with E-state index in [0.29, 0.717) is 19.3 Å². The number of hydrogen-bond acceptors (Lipinski definition) is 4. The highest BCUT2D eigenvalue weighted by molar-refractivity contribution is 6.20. The van der Waals surface area contributed by atoms with E-state index in [1.165, 1.54) is 0 Å². The number of aliphatic hydroxyl groups is 1. The van der Waals surface area contributed by atoms with Crippen molar-refractivity contribution in [3.8, 4) is 0 Å². The van der Waals surface area contributed by atoms with Crippen molar-refractivity contribution in [3.63, 3.8) is 0 Å². The molecular weight excluding hydrogens is 328 g/mol. The van der Waals surface area contributed by atoms with Crippen LogP contribution in [0.25, 0.3) is 0 Å². The summed E-state index contributed by atoms with van der Waals surface area (Å²) in [6.07, 6.45) is 1.11. The van der Waals surface area contributed by atoms with E-state index in [1.54, 1.807) is 0 Å². The molecule has 1 fully saturated rings. The summed E-state index contributed by atoms with van der Waals surface area (Å²) in [4.78, 5) is 24.9. The average Bonchev–Trinajstić information content (AvgIpc) is 3.42. The van der Waals surface area contributed by atoms with E-state index in [-0.39, 0.29) is 29.0 Å². The molecule has 1 saturated carbocycles. The highest BCUT2D eigenvalue weighted by Gasteiger charge is 2.49. The second-order valence-corrected chi connectivity index (χ2v) is 6.90. The van der Waals surface area contributed by atoms with Crippen molar-refractivity contribution in [2.24, 2.45) is 5.92 Å². The lowest BCUT2D eigenvalue weighted by atomic mass is 10.00. The number of aryl methyl sites for hydroxylation is 1. The van der Waals surface area contributed by atoms with Gasteiger partial charge < -0.3 is 9.84 Å². The Hall–Kier alpha value is -2.88. The number of carbonyl (C=O) groups is 2. The maximum absolute atomic E-state index is 12.7. The summed E-state index contributed by atoms with van der Waals surface area (Å²) in [6, 6.07) is 19.6. The summed E-state index contributed by atoms with van der Waals surface area (Å²) in [5, 5.41) is 10.4. The monoisotopic (exact) mass is 348 g/mol. The lowest BCUT2D eigenvalue weighted by Gasteiger charge is -2.09. The molecule has 2 unspecified atom stereocenters. The third-order valence-corrected chi connectivity index (χ3v) is 5.15. The Kier molecular flexibility index (Phi) is 4.33. The van der Waals surface area contributed by atoms with Crippen molar-refractivity contribution in [3.05, 3.63) is 83.1 Å². The molecule has 1 aliphatic heterocycles. The van der Waals surface area contributed by atoms with E-state index in [2.05, 4.69) is 0 Å². The predicted molar refractivity (Wildman–Crippen MR) is 96.6 cm³/mol. The van der Waals surface area contributed by atoms with Gasteiger partial charge in [-0.05, 0) is 36.3 Å². The molecule has 1 aliphatic carbocycles. The van der Waals surface area contributed by atoms with Gasteiger partial charge in [-0.25, -0.2) is 4.79 Å². The van der Waals surface area contributed by atoms with E-state index >= 15 is 0 Å². The highest BCUT2D eigenvalue weighted by Crippen LogP contribution is 2.49. The molecule has 0 radical (unpaired) electrons. The molecule has 2 aliphatic rings. The van der Waals surface area contributed by atoms with Crippen LogP contribution in [0.15, 0.2) is 72.0 Å². The SMILES string of the molecule is O=C1OC(CCc2ccccc2)C(O)=C1C(=O)[C@@H]1CC1c1ccccc1. The largest absolute Gasteiger partial charge is 0.507 e. The van der Waals surface area contributed by atoms with Crippen LogP contribution in [-0.4, -0.2) is 23.0 Å². The number of ketones is 1. The quantitative estimate of drug-likeness (QED) is 0.638. The maximum Gasteiger partial charge on any atom is 0.346 e. The molecule has 0 saturated heterocycles. The zero-order valence-electron chi connectivity index (χ0n) is 14.3. The van der Waals surface area contributed by atoms with E-state index < -0.39 is 12.1 Å². The van der Waals surface area contributed by atoms with Crippen molar-refractivity contribution in [1.29, 1.82) is 0 Å². The molecule has 0 amide bonds. The van der Waals surface area contributed by atoms with Gasteiger partial charge in [-0.2, -0.15) is 0 Å². The lowest BCUT2D eigenvalue weighted by Crippen LogP contribution is -2.14. The van der Waals surface area contributed by atoms with Gasteiger partial charge in [0.05, 0.1) is 0 Å². The van der Waals surface area contributed by atoms with Crippen LogP contribution in [0.2, 0.25) is 0 Å². The lowest BCUT2D eigenvalue weighted by molar-refractivity contribution is -0.141. The second-order valence-electron chi connectivity index (χ2n) is 6.90. The van der Waals surface area contributed by atoms with Crippen LogP contribution in [0.1, 0.15) is 29.9 Å². The van der Waals surface area contributed by atoms with Gasteiger partial charge >= 0.3 is 5.97 Å². The molecule has 0 aromatic heterocycles. The second kappa shape index (κ2) is 6.79. The Morgan fingerprint density at radius 2 is 1.69 bits per heavy atom. The minimum absolute atomic E-state index is 0.125. The molecular formula is C22H20O4. The first-order valence-electron chi connectivity index (χ1n) is 8.92. The molecule has 0 bridgehead atoms. The summed E-state index contributed by atoms with van der Waals surface area (Å²) < 4.78 is 5.26. The van der Waals surface area contributed by atoms with Crippen molar-refractivity contribution in [2.45, 2.75) is 31.3 Å². The van der Waals surface area contributed by atoms with E-state index in [1.807, 2.05) is 60.7 Å². The van der Waals surface area contributed by atoms with Gasteiger partial charge in [0.15, 0.2) is 17.6 Å². The van der Waals surface area contributed by atoms with Crippen LogP contribution in [0.5, 0.6) is 0 Å².